The zero-order valence-electron chi connectivity index (χ0n) is 17.7. The number of aromatic hydroxyl groups is 1. The van der Waals surface area contributed by atoms with Crippen molar-refractivity contribution in [2.45, 2.75) is 30.7 Å². The first-order valence-corrected chi connectivity index (χ1v) is 11.9. The molecule has 1 aliphatic rings. The topological polar surface area (TPSA) is 139 Å². The molecule has 2 amide bonds. The third-order valence-corrected chi connectivity index (χ3v) is 6.53. The van der Waals surface area contributed by atoms with E-state index in [0.29, 0.717) is 24.1 Å². The van der Waals surface area contributed by atoms with Gasteiger partial charge in [0.25, 0.3) is 11.8 Å². The van der Waals surface area contributed by atoms with Crippen LogP contribution >= 0.6 is 0 Å². The molecule has 0 heterocycles. The van der Waals surface area contributed by atoms with Crippen LogP contribution in [0.2, 0.25) is 0 Å². The molecular formula is C24H23N3O5S. The highest BCUT2D eigenvalue weighted by Crippen LogP contribution is 2.29. The van der Waals surface area contributed by atoms with Gasteiger partial charge in [0.05, 0.1) is 10.5 Å². The monoisotopic (exact) mass is 465 g/mol. The Morgan fingerprint density at radius 3 is 2.39 bits per heavy atom. The molecule has 0 aromatic heterocycles. The number of fused-ring (bicyclic) bond motifs is 1. The molecule has 33 heavy (non-hydrogen) atoms. The lowest BCUT2D eigenvalue weighted by molar-refractivity contribution is 0.0949. The van der Waals surface area contributed by atoms with E-state index in [9.17, 15) is 23.1 Å². The number of aryl methyl sites for hydroxylation is 1. The van der Waals surface area contributed by atoms with Crippen LogP contribution in [0.4, 0.5) is 5.69 Å². The molecule has 0 saturated heterocycles. The van der Waals surface area contributed by atoms with Crippen molar-refractivity contribution in [1.82, 2.24) is 5.32 Å². The van der Waals surface area contributed by atoms with E-state index >= 15 is 0 Å². The second-order valence-electron chi connectivity index (χ2n) is 7.86. The number of carbonyl (C=O) groups is 2. The van der Waals surface area contributed by atoms with Gasteiger partial charge >= 0.3 is 0 Å². The van der Waals surface area contributed by atoms with E-state index in [-0.39, 0.29) is 28.3 Å². The first-order chi connectivity index (χ1) is 15.7. The molecule has 5 N–H and O–H groups in total. The third kappa shape index (κ3) is 5.05. The van der Waals surface area contributed by atoms with Gasteiger partial charge in [-0.1, -0.05) is 24.3 Å². The maximum absolute atomic E-state index is 12.7. The molecule has 0 atom stereocenters. The number of para-hydroxylation sites is 1. The zero-order chi connectivity index (χ0) is 23.6. The fourth-order valence-electron chi connectivity index (χ4n) is 3.90. The molecule has 0 saturated carbocycles. The molecule has 0 radical (unpaired) electrons. The minimum Gasteiger partial charge on any atom is -0.507 e. The van der Waals surface area contributed by atoms with Crippen molar-refractivity contribution >= 4 is 27.5 Å². The summed E-state index contributed by atoms with van der Waals surface area (Å²) in [4.78, 5) is 25.0. The lowest BCUT2D eigenvalue weighted by Crippen LogP contribution is -2.24. The maximum Gasteiger partial charge on any atom is 0.259 e. The molecule has 170 valence electrons. The van der Waals surface area contributed by atoms with Crippen LogP contribution in [0, 0.1) is 0 Å². The van der Waals surface area contributed by atoms with Gasteiger partial charge in [0.15, 0.2) is 0 Å². The van der Waals surface area contributed by atoms with E-state index < -0.39 is 21.8 Å². The average Bonchev–Trinajstić information content (AvgIpc) is 3.26. The minimum atomic E-state index is -3.92. The van der Waals surface area contributed by atoms with Crippen LogP contribution < -0.4 is 15.8 Å². The van der Waals surface area contributed by atoms with Crippen molar-refractivity contribution < 1.29 is 23.1 Å². The number of phenolic OH excluding ortho intramolecular Hbond substituents is 1. The lowest BCUT2D eigenvalue weighted by Gasteiger charge is -2.11. The summed E-state index contributed by atoms with van der Waals surface area (Å²) >= 11 is 0. The Morgan fingerprint density at radius 1 is 0.970 bits per heavy atom. The molecule has 0 aliphatic heterocycles. The number of sulfonamides is 1. The summed E-state index contributed by atoms with van der Waals surface area (Å²) in [6.45, 7) is 0.217. The van der Waals surface area contributed by atoms with E-state index in [4.69, 9.17) is 5.14 Å². The Bertz CT molecular complexity index is 1330. The molecule has 0 spiro atoms. The van der Waals surface area contributed by atoms with Gasteiger partial charge in [-0.3, -0.25) is 9.59 Å². The summed E-state index contributed by atoms with van der Waals surface area (Å²) in [5, 5.41) is 20.6. The number of hydrogen-bond acceptors (Lipinski definition) is 5. The van der Waals surface area contributed by atoms with Crippen LogP contribution in [0.3, 0.4) is 0 Å². The first kappa shape index (κ1) is 22.5. The van der Waals surface area contributed by atoms with Crippen LogP contribution in [-0.4, -0.2) is 25.3 Å². The molecule has 1 aliphatic carbocycles. The van der Waals surface area contributed by atoms with Gasteiger partial charge < -0.3 is 15.7 Å². The fourth-order valence-corrected chi connectivity index (χ4v) is 4.77. The summed E-state index contributed by atoms with van der Waals surface area (Å²) in [7, 11) is -3.92. The zero-order valence-corrected chi connectivity index (χ0v) is 18.5. The molecular weight excluding hydrogens is 442 g/mol. The van der Waals surface area contributed by atoms with E-state index in [2.05, 4.69) is 10.6 Å². The van der Waals surface area contributed by atoms with Gasteiger partial charge in [0.2, 0.25) is 10.0 Å². The predicted molar refractivity (Wildman–Crippen MR) is 124 cm³/mol. The molecule has 9 heteroatoms. The molecule has 0 unspecified atom stereocenters. The van der Waals surface area contributed by atoms with Crippen LogP contribution in [0.1, 0.15) is 43.8 Å². The molecule has 0 fully saturated rings. The largest absolute Gasteiger partial charge is 0.507 e. The van der Waals surface area contributed by atoms with Crippen molar-refractivity contribution in [3.63, 3.8) is 0 Å². The van der Waals surface area contributed by atoms with Gasteiger partial charge in [-0.25, -0.2) is 13.6 Å². The molecule has 3 aromatic rings. The number of anilines is 1. The Kier molecular flexibility index (Phi) is 6.17. The normalized spacial score (nSPS) is 12.8. The van der Waals surface area contributed by atoms with Crippen LogP contribution in [-0.2, 0) is 29.4 Å². The van der Waals surface area contributed by atoms with Crippen LogP contribution in [0.15, 0.2) is 65.6 Å². The number of carbonyl (C=O) groups excluding carboxylic acids is 2. The average molecular weight is 466 g/mol. The van der Waals surface area contributed by atoms with Gasteiger partial charge in [0.1, 0.15) is 5.75 Å². The Balaban J connectivity index is 1.41. The van der Waals surface area contributed by atoms with Gasteiger partial charge in [-0.15, -0.1) is 0 Å². The van der Waals surface area contributed by atoms with Crippen molar-refractivity contribution in [2.75, 3.05) is 5.32 Å². The standard InChI is InChI=1S/C24H23N3O5S/c25-33(31,32)22-13-17(12-16-4-3-6-19(16)22)23(29)26-14-15-8-10-18(11-9-15)27-24(30)20-5-1-2-7-21(20)28/h1-2,5,7-13,28H,3-4,6,14H2,(H,26,29)(H,27,30)(H2,25,31,32). The number of phenols is 1. The number of primary sulfonamides is 1. The quantitative estimate of drug-likeness (QED) is 0.443. The van der Waals surface area contributed by atoms with E-state index in [1.165, 1.54) is 18.2 Å². The fraction of sp³-hybridized carbons (Fsp3) is 0.167. The number of nitrogens with one attached hydrogen (secondary N) is 2. The molecule has 3 aromatic carbocycles. The van der Waals surface area contributed by atoms with E-state index in [1.54, 1.807) is 42.5 Å². The third-order valence-electron chi connectivity index (χ3n) is 5.56. The molecule has 4 rings (SSSR count). The number of hydrogen-bond donors (Lipinski definition) is 4. The van der Waals surface area contributed by atoms with Gasteiger partial charge in [-0.05, 0) is 72.4 Å². The lowest BCUT2D eigenvalue weighted by atomic mass is 10.1. The number of amides is 2. The van der Waals surface area contributed by atoms with E-state index in [0.717, 1.165) is 17.5 Å². The Labute approximate surface area is 191 Å². The minimum absolute atomic E-state index is 0.0206. The summed E-state index contributed by atoms with van der Waals surface area (Å²) in [6.07, 6.45) is 2.18. The smallest absolute Gasteiger partial charge is 0.259 e. The summed E-state index contributed by atoms with van der Waals surface area (Å²) in [5.41, 5.74) is 3.30. The molecule has 8 nitrogen and oxygen atoms in total. The predicted octanol–water partition coefficient (Wildman–Crippen LogP) is 2.71. The number of rotatable bonds is 6. The van der Waals surface area contributed by atoms with Crippen molar-refractivity contribution in [3.05, 3.63) is 88.5 Å². The van der Waals surface area contributed by atoms with Crippen molar-refractivity contribution in [1.29, 1.82) is 0 Å². The second-order valence-corrected chi connectivity index (χ2v) is 9.39. The number of benzene rings is 3. The van der Waals surface area contributed by atoms with Crippen LogP contribution in [0.25, 0.3) is 0 Å². The highest BCUT2D eigenvalue weighted by molar-refractivity contribution is 7.89. The Hall–Kier alpha value is -3.69. The maximum atomic E-state index is 12.7. The summed E-state index contributed by atoms with van der Waals surface area (Å²) in [5.74, 6) is -0.936. The van der Waals surface area contributed by atoms with Gasteiger partial charge in [0, 0.05) is 17.8 Å². The Morgan fingerprint density at radius 2 is 1.70 bits per heavy atom. The first-order valence-electron chi connectivity index (χ1n) is 10.4. The number of nitrogens with two attached hydrogens (primary N) is 1. The van der Waals surface area contributed by atoms with Gasteiger partial charge in [-0.2, -0.15) is 0 Å². The summed E-state index contributed by atoms with van der Waals surface area (Å²) < 4.78 is 23.9. The second kappa shape index (κ2) is 9.05. The highest BCUT2D eigenvalue weighted by atomic mass is 32.2. The summed E-state index contributed by atoms with van der Waals surface area (Å²) in [6, 6.07) is 16.2. The van der Waals surface area contributed by atoms with E-state index in [1.807, 2.05) is 0 Å². The highest BCUT2D eigenvalue weighted by Gasteiger charge is 2.24. The van der Waals surface area contributed by atoms with Crippen LogP contribution in [0.5, 0.6) is 5.75 Å². The van der Waals surface area contributed by atoms with Crippen molar-refractivity contribution in [2.24, 2.45) is 5.14 Å². The van der Waals surface area contributed by atoms with Crippen molar-refractivity contribution in [3.8, 4) is 5.75 Å². The molecule has 0 bridgehead atoms. The SMILES string of the molecule is NS(=O)(=O)c1cc(C(=O)NCc2ccc(NC(=O)c3ccccc3O)cc2)cc2c1CCC2.